The fourth-order valence-electron chi connectivity index (χ4n) is 2.55. The number of carbonyl (C=O) groups excluding carboxylic acids is 2. The van der Waals surface area contributed by atoms with Crippen molar-refractivity contribution in [1.82, 2.24) is 5.32 Å². The van der Waals surface area contributed by atoms with Crippen LogP contribution in [0.25, 0.3) is 0 Å². The molecule has 2 atom stereocenters. The molecule has 1 fully saturated rings. The molecule has 5 nitrogen and oxygen atoms in total. The van der Waals surface area contributed by atoms with Gasteiger partial charge in [-0.3, -0.25) is 4.79 Å². The normalized spacial score (nSPS) is 19.5. The quantitative estimate of drug-likeness (QED) is 0.861. The average Bonchev–Trinajstić information content (AvgIpc) is 3.17. The summed E-state index contributed by atoms with van der Waals surface area (Å²) in [6, 6.07) is 10.8. The minimum absolute atomic E-state index is 0.0184. The molecule has 1 N–H and O–H groups in total. The number of amides is 1. The van der Waals surface area contributed by atoms with Gasteiger partial charge in [0, 0.05) is 18.4 Å². The summed E-state index contributed by atoms with van der Waals surface area (Å²) in [7, 11) is 1.35. The fourth-order valence-corrected chi connectivity index (χ4v) is 2.55. The van der Waals surface area contributed by atoms with E-state index in [1.165, 1.54) is 7.11 Å². The van der Waals surface area contributed by atoms with Crippen LogP contribution in [0.5, 0.6) is 0 Å². The molecule has 114 valence electrons. The zero-order valence-corrected chi connectivity index (χ0v) is 12.2. The highest BCUT2D eigenvalue weighted by atomic mass is 16.5. The van der Waals surface area contributed by atoms with Crippen molar-refractivity contribution in [2.24, 2.45) is 5.92 Å². The molecule has 1 aliphatic rings. The first-order chi connectivity index (χ1) is 10.7. The van der Waals surface area contributed by atoms with Crippen molar-refractivity contribution in [3.05, 3.63) is 59.5 Å². The van der Waals surface area contributed by atoms with E-state index in [1.54, 1.807) is 24.5 Å². The van der Waals surface area contributed by atoms with Crippen LogP contribution in [0.4, 0.5) is 0 Å². The number of carbonyl (C=O) groups is 2. The van der Waals surface area contributed by atoms with Crippen molar-refractivity contribution in [2.75, 3.05) is 7.11 Å². The van der Waals surface area contributed by atoms with Gasteiger partial charge in [0.2, 0.25) is 5.91 Å². The summed E-state index contributed by atoms with van der Waals surface area (Å²) in [6.45, 7) is 0.394. The van der Waals surface area contributed by atoms with Crippen molar-refractivity contribution in [2.45, 2.75) is 18.9 Å². The van der Waals surface area contributed by atoms with Gasteiger partial charge >= 0.3 is 5.97 Å². The lowest BCUT2D eigenvalue weighted by Gasteiger charge is -2.06. The van der Waals surface area contributed by atoms with Crippen molar-refractivity contribution < 1.29 is 18.7 Å². The van der Waals surface area contributed by atoms with E-state index in [1.807, 2.05) is 18.2 Å². The lowest BCUT2D eigenvalue weighted by Crippen LogP contribution is -2.25. The number of hydrogen-bond acceptors (Lipinski definition) is 4. The zero-order valence-electron chi connectivity index (χ0n) is 12.2. The number of rotatable bonds is 5. The van der Waals surface area contributed by atoms with Crippen LogP contribution in [0.1, 0.15) is 34.0 Å². The summed E-state index contributed by atoms with van der Waals surface area (Å²) in [5.41, 5.74) is 1.35. The van der Waals surface area contributed by atoms with E-state index in [0.29, 0.717) is 12.1 Å². The zero-order chi connectivity index (χ0) is 15.5. The van der Waals surface area contributed by atoms with Gasteiger partial charge in [-0.2, -0.15) is 0 Å². The third kappa shape index (κ3) is 3.03. The average molecular weight is 299 g/mol. The molecule has 0 bridgehead atoms. The van der Waals surface area contributed by atoms with Crippen LogP contribution in [0.3, 0.4) is 0 Å². The smallest absolute Gasteiger partial charge is 0.337 e. The van der Waals surface area contributed by atoms with Crippen molar-refractivity contribution in [3.8, 4) is 0 Å². The Bertz CT molecular complexity index is 678. The first-order valence-corrected chi connectivity index (χ1v) is 7.17. The SMILES string of the molecule is COC(=O)c1cccc(CNC(=O)[C@@H]2C[C@@H]2c2ccco2)c1. The predicted octanol–water partition coefficient (Wildman–Crippen LogP) is 2.49. The van der Waals surface area contributed by atoms with Crippen LogP contribution in [0.15, 0.2) is 47.1 Å². The monoisotopic (exact) mass is 299 g/mol. The van der Waals surface area contributed by atoms with Gasteiger partial charge in [-0.25, -0.2) is 4.79 Å². The van der Waals surface area contributed by atoms with E-state index in [-0.39, 0.29) is 23.7 Å². The Morgan fingerprint density at radius 2 is 2.18 bits per heavy atom. The van der Waals surface area contributed by atoms with E-state index in [2.05, 4.69) is 10.1 Å². The molecule has 1 saturated carbocycles. The Morgan fingerprint density at radius 1 is 1.32 bits per heavy atom. The Morgan fingerprint density at radius 3 is 2.91 bits per heavy atom. The van der Waals surface area contributed by atoms with Crippen LogP contribution in [-0.4, -0.2) is 19.0 Å². The second-order valence-electron chi connectivity index (χ2n) is 5.37. The number of hydrogen-bond donors (Lipinski definition) is 1. The highest BCUT2D eigenvalue weighted by molar-refractivity contribution is 5.89. The molecule has 2 aromatic rings. The maximum absolute atomic E-state index is 12.1. The van der Waals surface area contributed by atoms with Gasteiger partial charge in [-0.1, -0.05) is 12.1 Å². The van der Waals surface area contributed by atoms with E-state index < -0.39 is 0 Å². The van der Waals surface area contributed by atoms with Crippen LogP contribution in [-0.2, 0) is 16.1 Å². The van der Waals surface area contributed by atoms with Crippen molar-refractivity contribution in [1.29, 1.82) is 0 Å². The largest absolute Gasteiger partial charge is 0.469 e. The maximum atomic E-state index is 12.1. The first-order valence-electron chi connectivity index (χ1n) is 7.17. The van der Waals surface area contributed by atoms with Crippen LogP contribution in [0, 0.1) is 5.92 Å². The number of furan rings is 1. The number of esters is 1. The van der Waals surface area contributed by atoms with Crippen LogP contribution >= 0.6 is 0 Å². The van der Waals surface area contributed by atoms with E-state index >= 15 is 0 Å². The summed E-state index contributed by atoms with van der Waals surface area (Å²) in [4.78, 5) is 23.6. The molecule has 1 aromatic carbocycles. The third-order valence-corrected chi connectivity index (χ3v) is 3.85. The Hall–Kier alpha value is -2.56. The number of ether oxygens (including phenoxy) is 1. The fraction of sp³-hybridized carbons (Fsp3) is 0.294. The van der Waals surface area contributed by atoms with Gasteiger partial charge in [-0.15, -0.1) is 0 Å². The highest BCUT2D eigenvalue weighted by Crippen LogP contribution is 2.47. The molecule has 1 heterocycles. The molecule has 0 unspecified atom stereocenters. The molecule has 0 aliphatic heterocycles. The minimum Gasteiger partial charge on any atom is -0.469 e. The van der Waals surface area contributed by atoms with E-state index in [9.17, 15) is 9.59 Å². The van der Waals surface area contributed by atoms with Gasteiger partial charge in [0.15, 0.2) is 0 Å². The summed E-state index contributed by atoms with van der Waals surface area (Å²) >= 11 is 0. The highest BCUT2D eigenvalue weighted by Gasteiger charge is 2.45. The lowest BCUT2D eigenvalue weighted by atomic mass is 10.1. The van der Waals surface area contributed by atoms with Gasteiger partial charge in [0.25, 0.3) is 0 Å². The molecule has 0 radical (unpaired) electrons. The number of benzene rings is 1. The summed E-state index contributed by atoms with van der Waals surface area (Å²) in [6.07, 6.45) is 2.45. The maximum Gasteiger partial charge on any atom is 0.337 e. The Kier molecular flexibility index (Phi) is 3.96. The second kappa shape index (κ2) is 6.05. The van der Waals surface area contributed by atoms with Gasteiger partial charge in [0.1, 0.15) is 5.76 Å². The molecule has 22 heavy (non-hydrogen) atoms. The predicted molar refractivity (Wildman–Crippen MR) is 79.2 cm³/mol. The van der Waals surface area contributed by atoms with E-state index in [4.69, 9.17) is 4.42 Å². The summed E-state index contributed by atoms with van der Waals surface area (Å²) in [5, 5.41) is 2.90. The standard InChI is InChI=1S/C17H17NO4/c1-21-17(20)12-5-2-4-11(8-12)10-18-16(19)14-9-13(14)15-6-3-7-22-15/h2-8,13-14H,9-10H2,1H3,(H,18,19)/t13-,14+/m0/s1. The number of nitrogens with one attached hydrogen (secondary N) is 1. The summed E-state index contributed by atoms with van der Waals surface area (Å²) < 4.78 is 10.0. The molecule has 1 amide bonds. The summed E-state index contributed by atoms with van der Waals surface area (Å²) in [5.74, 6) is 0.678. The Labute approximate surface area is 128 Å². The second-order valence-corrected chi connectivity index (χ2v) is 5.37. The molecule has 5 heteroatoms. The topological polar surface area (TPSA) is 68.5 Å². The van der Waals surface area contributed by atoms with Crippen molar-refractivity contribution >= 4 is 11.9 Å². The van der Waals surface area contributed by atoms with Gasteiger partial charge < -0.3 is 14.5 Å². The molecule has 0 saturated heterocycles. The molecule has 1 aliphatic carbocycles. The van der Waals surface area contributed by atoms with E-state index in [0.717, 1.165) is 17.7 Å². The minimum atomic E-state index is -0.381. The lowest BCUT2D eigenvalue weighted by molar-refractivity contribution is -0.122. The first kappa shape index (κ1) is 14.4. The van der Waals surface area contributed by atoms with Gasteiger partial charge in [-0.05, 0) is 36.2 Å². The molecular weight excluding hydrogens is 282 g/mol. The molecule has 3 rings (SSSR count). The third-order valence-electron chi connectivity index (χ3n) is 3.85. The van der Waals surface area contributed by atoms with Crippen molar-refractivity contribution in [3.63, 3.8) is 0 Å². The van der Waals surface area contributed by atoms with Gasteiger partial charge in [0.05, 0.1) is 18.9 Å². The molecule has 1 aromatic heterocycles. The molecule has 0 spiro atoms. The van der Waals surface area contributed by atoms with Crippen LogP contribution in [0.2, 0.25) is 0 Å². The molecular formula is C17H17NO4. The Balaban J connectivity index is 1.55. The van der Waals surface area contributed by atoms with Crippen LogP contribution < -0.4 is 5.32 Å². The number of methoxy groups -OCH3 is 1.